The Morgan fingerprint density at radius 1 is 1.08 bits per heavy atom. The fraction of sp³-hybridized carbons (Fsp3) is 0.667. The number of hydrogen-bond donors (Lipinski definition) is 0. The lowest BCUT2D eigenvalue weighted by Crippen LogP contribution is -2.41. The van der Waals surface area contributed by atoms with Crippen LogP contribution in [0, 0.1) is 5.92 Å². The van der Waals surface area contributed by atoms with Gasteiger partial charge in [-0.3, -0.25) is 0 Å². The molecule has 0 unspecified atom stereocenters. The van der Waals surface area contributed by atoms with Crippen molar-refractivity contribution in [3.05, 3.63) is 28.2 Å². The van der Waals surface area contributed by atoms with Crippen LogP contribution in [0.3, 0.4) is 0 Å². The molecule has 2 aliphatic rings. The predicted molar refractivity (Wildman–Crippen MR) is 103 cm³/mol. The molecule has 3 rings (SSSR count). The van der Waals surface area contributed by atoms with Crippen molar-refractivity contribution in [2.45, 2.75) is 56.0 Å². The van der Waals surface area contributed by atoms with Crippen molar-refractivity contribution in [2.75, 3.05) is 20.1 Å². The maximum absolute atomic E-state index is 12.9. The Kier molecular flexibility index (Phi) is 6.01. The Morgan fingerprint density at radius 2 is 1.76 bits per heavy atom. The predicted octanol–water partition coefficient (Wildman–Crippen LogP) is 4.27. The molecule has 0 N–H and O–H groups in total. The first kappa shape index (κ1) is 19.4. The van der Waals surface area contributed by atoms with Gasteiger partial charge in [0.2, 0.25) is 10.0 Å². The quantitative estimate of drug-likeness (QED) is 0.751. The fourth-order valence-electron chi connectivity index (χ4n) is 3.99. The first-order chi connectivity index (χ1) is 11.8. The van der Waals surface area contributed by atoms with Gasteiger partial charge in [-0.1, -0.05) is 30.1 Å². The van der Waals surface area contributed by atoms with Crippen molar-refractivity contribution < 1.29 is 8.42 Å². The fourth-order valence-corrected chi connectivity index (χ4v) is 5.78. The van der Waals surface area contributed by atoms with E-state index in [0.717, 1.165) is 38.3 Å². The molecule has 140 valence electrons. The number of halogens is 2. The molecule has 1 aliphatic heterocycles. The van der Waals surface area contributed by atoms with Crippen molar-refractivity contribution in [3.63, 3.8) is 0 Å². The van der Waals surface area contributed by atoms with Gasteiger partial charge < -0.3 is 4.90 Å². The van der Waals surface area contributed by atoms with Crippen LogP contribution in [-0.4, -0.2) is 49.8 Å². The van der Waals surface area contributed by atoms with Gasteiger partial charge in [0.05, 0.1) is 14.9 Å². The van der Waals surface area contributed by atoms with Crippen LogP contribution in [0.1, 0.15) is 39.0 Å². The summed E-state index contributed by atoms with van der Waals surface area (Å²) >= 11 is 11.9. The van der Waals surface area contributed by atoms with Crippen LogP contribution >= 0.6 is 23.2 Å². The third-order valence-electron chi connectivity index (χ3n) is 5.79. The summed E-state index contributed by atoms with van der Waals surface area (Å²) in [6.07, 6.45) is 5.39. The number of piperidine rings is 1. The molecule has 1 heterocycles. The first-order valence-electron chi connectivity index (χ1n) is 8.96. The van der Waals surface area contributed by atoms with E-state index in [1.165, 1.54) is 35.3 Å². The van der Waals surface area contributed by atoms with Crippen LogP contribution in [0.4, 0.5) is 0 Å². The Morgan fingerprint density at radius 3 is 2.40 bits per heavy atom. The van der Waals surface area contributed by atoms with Crippen molar-refractivity contribution in [2.24, 2.45) is 5.92 Å². The molecule has 0 bridgehead atoms. The van der Waals surface area contributed by atoms with Gasteiger partial charge >= 0.3 is 0 Å². The zero-order chi connectivity index (χ0) is 18.2. The van der Waals surface area contributed by atoms with E-state index in [1.54, 1.807) is 7.05 Å². The summed E-state index contributed by atoms with van der Waals surface area (Å²) in [5.41, 5.74) is 0. The first-order valence-corrected chi connectivity index (χ1v) is 11.2. The Bertz CT molecular complexity index is 718. The minimum absolute atomic E-state index is 0.0452. The minimum Gasteiger partial charge on any atom is -0.300 e. The summed E-state index contributed by atoms with van der Waals surface area (Å²) in [6.45, 7) is 4.59. The van der Waals surface area contributed by atoms with Crippen LogP contribution < -0.4 is 0 Å². The second-order valence-electron chi connectivity index (χ2n) is 7.44. The van der Waals surface area contributed by atoms with Crippen molar-refractivity contribution >= 4 is 33.2 Å². The Hall–Kier alpha value is -0.330. The minimum atomic E-state index is -3.55. The van der Waals surface area contributed by atoms with Gasteiger partial charge in [0.1, 0.15) is 0 Å². The normalized spacial score (nSPS) is 26.4. The lowest BCUT2D eigenvalue weighted by Gasteiger charge is -2.35. The molecule has 1 aromatic carbocycles. The second kappa shape index (κ2) is 7.73. The van der Waals surface area contributed by atoms with E-state index in [2.05, 4.69) is 11.8 Å². The summed E-state index contributed by atoms with van der Waals surface area (Å²) in [4.78, 5) is 2.76. The number of nitrogens with zero attached hydrogens (tertiary/aromatic N) is 2. The lowest BCUT2D eigenvalue weighted by atomic mass is 9.97. The SMILES string of the molecule is CC1CCN([C@@H]2CC[C@H](N(C)S(=O)(=O)c3ccc(Cl)c(Cl)c3)C2)CC1. The molecule has 0 aromatic heterocycles. The molecule has 25 heavy (non-hydrogen) atoms. The topological polar surface area (TPSA) is 40.6 Å². The van der Waals surface area contributed by atoms with Crippen LogP contribution in [-0.2, 0) is 10.0 Å². The van der Waals surface area contributed by atoms with Gasteiger partial charge in [-0.15, -0.1) is 0 Å². The van der Waals surface area contributed by atoms with Crippen LogP contribution in [0.5, 0.6) is 0 Å². The van der Waals surface area contributed by atoms with Crippen molar-refractivity contribution in [3.8, 4) is 0 Å². The molecule has 1 aliphatic carbocycles. The molecular weight excluding hydrogens is 379 g/mol. The molecule has 4 nitrogen and oxygen atoms in total. The molecule has 2 atom stereocenters. The van der Waals surface area contributed by atoms with Crippen LogP contribution in [0.25, 0.3) is 0 Å². The zero-order valence-corrected chi connectivity index (χ0v) is 17.1. The highest BCUT2D eigenvalue weighted by Crippen LogP contribution is 2.33. The Balaban J connectivity index is 1.68. The van der Waals surface area contributed by atoms with E-state index in [0.29, 0.717) is 11.1 Å². The molecule has 0 radical (unpaired) electrons. The molecule has 1 aromatic rings. The summed E-state index contributed by atoms with van der Waals surface area (Å²) in [7, 11) is -1.87. The largest absolute Gasteiger partial charge is 0.300 e. The smallest absolute Gasteiger partial charge is 0.243 e. The van der Waals surface area contributed by atoms with Gasteiger partial charge in [-0.05, 0) is 69.3 Å². The highest BCUT2D eigenvalue weighted by molar-refractivity contribution is 7.89. The lowest BCUT2D eigenvalue weighted by molar-refractivity contribution is 0.136. The monoisotopic (exact) mass is 404 g/mol. The average molecular weight is 405 g/mol. The van der Waals surface area contributed by atoms with Gasteiger partial charge in [0.15, 0.2) is 0 Å². The molecule has 2 fully saturated rings. The van der Waals surface area contributed by atoms with E-state index >= 15 is 0 Å². The van der Waals surface area contributed by atoms with Gasteiger partial charge in [-0.2, -0.15) is 4.31 Å². The Labute approximate surface area is 161 Å². The van der Waals surface area contributed by atoms with E-state index in [4.69, 9.17) is 23.2 Å². The van der Waals surface area contributed by atoms with E-state index < -0.39 is 10.0 Å². The third kappa shape index (κ3) is 4.16. The molecule has 7 heteroatoms. The number of rotatable bonds is 4. The molecule has 0 amide bonds. The number of hydrogen-bond acceptors (Lipinski definition) is 3. The standard InChI is InChI=1S/C18H26Cl2N2O2S/c1-13-7-9-22(10-8-13)15-4-3-14(11-15)21(2)25(23,24)16-5-6-17(19)18(20)12-16/h5-6,12-15H,3-4,7-11H2,1-2H3/t14-,15+/m0/s1. The summed E-state index contributed by atoms with van der Waals surface area (Å²) in [5.74, 6) is 0.811. The van der Waals surface area contributed by atoms with Crippen LogP contribution in [0.2, 0.25) is 10.0 Å². The second-order valence-corrected chi connectivity index (χ2v) is 10.2. The molecule has 1 saturated carbocycles. The average Bonchev–Trinajstić information content (AvgIpc) is 3.07. The highest BCUT2D eigenvalue weighted by atomic mass is 35.5. The third-order valence-corrected chi connectivity index (χ3v) is 8.44. The number of sulfonamides is 1. The van der Waals surface area contributed by atoms with Gasteiger partial charge in [0.25, 0.3) is 0 Å². The molecule has 0 spiro atoms. The molecular formula is C18H26Cl2N2O2S. The summed E-state index contributed by atoms with van der Waals surface area (Å²) in [5, 5.41) is 0.631. The van der Waals surface area contributed by atoms with Crippen molar-refractivity contribution in [1.29, 1.82) is 0 Å². The highest BCUT2D eigenvalue weighted by Gasteiger charge is 2.37. The maximum atomic E-state index is 12.9. The molecule has 1 saturated heterocycles. The van der Waals surface area contributed by atoms with Gasteiger partial charge in [-0.25, -0.2) is 8.42 Å². The van der Waals surface area contributed by atoms with E-state index in [-0.39, 0.29) is 16.0 Å². The zero-order valence-electron chi connectivity index (χ0n) is 14.8. The van der Waals surface area contributed by atoms with E-state index in [1.807, 2.05) is 0 Å². The van der Waals surface area contributed by atoms with Gasteiger partial charge in [0, 0.05) is 19.1 Å². The number of likely N-dealkylation sites (tertiary alicyclic amines) is 1. The number of benzene rings is 1. The summed E-state index contributed by atoms with van der Waals surface area (Å²) < 4.78 is 27.4. The van der Waals surface area contributed by atoms with Crippen LogP contribution in [0.15, 0.2) is 23.1 Å². The van der Waals surface area contributed by atoms with E-state index in [9.17, 15) is 8.42 Å². The van der Waals surface area contributed by atoms with Crippen molar-refractivity contribution in [1.82, 2.24) is 9.21 Å². The maximum Gasteiger partial charge on any atom is 0.243 e. The summed E-state index contributed by atoms with van der Waals surface area (Å²) in [6, 6.07) is 5.05.